The summed E-state index contributed by atoms with van der Waals surface area (Å²) in [5.41, 5.74) is 1.54. The summed E-state index contributed by atoms with van der Waals surface area (Å²) in [4.78, 5) is 13.1. The van der Waals surface area contributed by atoms with Crippen LogP contribution in [-0.2, 0) is 0 Å². The third-order valence-corrected chi connectivity index (χ3v) is 7.10. The summed E-state index contributed by atoms with van der Waals surface area (Å²) in [6.45, 7) is 0.313. The fraction of sp³-hybridized carbons (Fsp3) is 0.138. The molecule has 1 aliphatic rings. The fourth-order valence-corrected chi connectivity index (χ4v) is 5.14. The zero-order valence-electron chi connectivity index (χ0n) is 20.0. The molecule has 7 nitrogen and oxygen atoms in total. The molecule has 37 heavy (non-hydrogen) atoms. The summed E-state index contributed by atoms with van der Waals surface area (Å²) < 4.78 is 19.4. The molecule has 4 aromatic carbocycles. The van der Waals surface area contributed by atoms with Crippen LogP contribution in [0.1, 0.15) is 22.3 Å². The van der Waals surface area contributed by atoms with Crippen molar-refractivity contribution in [2.75, 3.05) is 19.5 Å². The highest BCUT2D eigenvalue weighted by Crippen LogP contribution is 2.37. The molecule has 1 aromatic heterocycles. The van der Waals surface area contributed by atoms with Gasteiger partial charge in [0.25, 0.3) is 0 Å². The number of fused-ring (bicyclic) bond motifs is 2. The maximum Gasteiger partial charge on any atom is 0.196 e. The van der Waals surface area contributed by atoms with Crippen LogP contribution in [0.2, 0.25) is 0 Å². The first-order valence-electron chi connectivity index (χ1n) is 11.8. The van der Waals surface area contributed by atoms with Crippen molar-refractivity contribution in [3.05, 3.63) is 102 Å². The van der Waals surface area contributed by atoms with Gasteiger partial charge >= 0.3 is 0 Å². The van der Waals surface area contributed by atoms with E-state index in [0.717, 1.165) is 22.2 Å². The molecule has 1 aliphatic heterocycles. The molecule has 0 saturated carbocycles. The van der Waals surface area contributed by atoms with Crippen LogP contribution in [0.5, 0.6) is 17.2 Å². The van der Waals surface area contributed by atoms with E-state index in [1.807, 2.05) is 95.6 Å². The maximum absolute atomic E-state index is 13.1. The normalized spacial score (nSPS) is 14.5. The number of para-hydroxylation sites is 3. The number of rotatable bonds is 7. The average molecular weight is 510 g/mol. The number of carbonyl (C=O) groups is 1. The van der Waals surface area contributed by atoms with Crippen molar-refractivity contribution in [1.29, 1.82) is 0 Å². The van der Waals surface area contributed by atoms with Crippen LogP contribution in [0.15, 0.2) is 96.2 Å². The first kappa shape index (κ1) is 23.1. The Balaban J connectivity index is 1.26. The van der Waals surface area contributed by atoms with Crippen LogP contribution in [0.25, 0.3) is 16.5 Å². The predicted octanol–water partition coefficient (Wildman–Crippen LogP) is 5.92. The first-order valence-corrected chi connectivity index (χ1v) is 12.8. The predicted molar refractivity (Wildman–Crippen MR) is 142 cm³/mol. The van der Waals surface area contributed by atoms with Crippen LogP contribution >= 0.6 is 11.8 Å². The van der Waals surface area contributed by atoms with Crippen molar-refractivity contribution in [3.63, 3.8) is 0 Å². The number of nitrogens with zero attached hydrogens (tertiary/aromatic N) is 3. The van der Waals surface area contributed by atoms with Crippen LogP contribution in [-0.4, -0.2) is 40.0 Å². The second-order valence-corrected chi connectivity index (χ2v) is 9.46. The van der Waals surface area contributed by atoms with Gasteiger partial charge in [-0.25, -0.2) is 0 Å². The van der Waals surface area contributed by atoms with Gasteiger partial charge in [-0.1, -0.05) is 60.3 Å². The summed E-state index contributed by atoms with van der Waals surface area (Å²) >= 11 is 1.35. The zero-order valence-corrected chi connectivity index (χ0v) is 20.9. The summed E-state index contributed by atoms with van der Waals surface area (Å²) in [5.74, 6) is 3.01. The number of ketones is 1. The first-order chi connectivity index (χ1) is 18.2. The SMILES string of the molecule is COc1ccc2cc(C(=O)CSc3nnc([C@@H]4COc5ccccc5O4)n3-c3ccccc3)ccc2c1. The molecule has 0 spiro atoms. The van der Waals surface area contributed by atoms with E-state index in [0.29, 0.717) is 34.7 Å². The molecular weight excluding hydrogens is 486 g/mol. The molecule has 0 amide bonds. The Morgan fingerprint density at radius 3 is 2.54 bits per heavy atom. The van der Waals surface area contributed by atoms with Gasteiger partial charge in [0.15, 0.2) is 34.4 Å². The van der Waals surface area contributed by atoms with Crippen molar-refractivity contribution >= 4 is 28.3 Å². The Labute approximate surface area is 218 Å². The van der Waals surface area contributed by atoms with Gasteiger partial charge in [-0.15, -0.1) is 10.2 Å². The lowest BCUT2D eigenvalue weighted by Gasteiger charge is -2.26. The minimum Gasteiger partial charge on any atom is -0.497 e. The molecule has 0 saturated heterocycles. The Kier molecular flexibility index (Phi) is 6.24. The van der Waals surface area contributed by atoms with Crippen molar-refractivity contribution < 1.29 is 19.0 Å². The van der Waals surface area contributed by atoms with Crippen LogP contribution in [0, 0.1) is 0 Å². The Hall–Kier alpha value is -4.30. The molecule has 0 N–H and O–H groups in total. The zero-order chi connectivity index (χ0) is 25.2. The van der Waals surface area contributed by atoms with Gasteiger partial charge in [0.05, 0.1) is 12.9 Å². The number of benzene rings is 4. The minimum atomic E-state index is -0.440. The van der Waals surface area contributed by atoms with Gasteiger partial charge in [-0.3, -0.25) is 9.36 Å². The number of carbonyl (C=O) groups excluding carboxylic acids is 1. The third kappa shape index (κ3) is 4.63. The third-order valence-electron chi connectivity index (χ3n) is 6.17. The lowest BCUT2D eigenvalue weighted by atomic mass is 10.0. The van der Waals surface area contributed by atoms with Gasteiger partial charge < -0.3 is 14.2 Å². The molecule has 0 radical (unpaired) electrons. The highest BCUT2D eigenvalue weighted by Gasteiger charge is 2.29. The van der Waals surface area contributed by atoms with E-state index in [9.17, 15) is 4.79 Å². The van der Waals surface area contributed by atoms with Gasteiger partial charge in [0.2, 0.25) is 0 Å². The number of ether oxygens (including phenoxy) is 3. The van der Waals surface area contributed by atoms with E-state index in [1.165, 1.54) is 11.8 Å². The van der Waals surface area contributed by atoms with Gasteiger partial charge in [0, 0.05) is 11.3 Å². The Morgan fingerprint density at radius 2 is 1.70 bits per heavy atom. The molecule has 5 aromatic rings. The Bertz CT molecular complexity index is 1590. The number of aromatic nitrogens is 3. The highest BCUT2D eigenvalue weighted by molar-refractivity contribution is 7.99. The van der Waals surface area contributed by atoms with Crippen LogP contribution < -0.4 is 14.2 Å². The van der Waals surface area contributed by atoms with E-state index >= 15 is 0 Å². The maximum atomic E-state index is 13.1. The van der Waals surface area contributed by atoms with E-state index < -0.39 is 6.10 Å². The van der Waals surface area contributed by atoms with Crippen LogP contribution in [0.4, 0.5) is 0 Å². The lowest BCUT2D eigenvalue weighted by Crippen LogP contribution is -2.24. The molecule has 0 aliphatic carbocycles. The second kappa shape index (κ2) is 9.99. The molecule has 184 valence electrons. The van der Waals surface area contributed by atoms with E-state index in [2.05, 4.69) is 10.2 Å². The number of hydrogen-bond acceptors (Lipinski definition) is 7. The molecule has 0 bridgehead atoms. The molecule has 0 unspecified atom stereocenters. The van der Waals surface area contributed by atoms with Crippen molar-refractivity contribution in [2.24, 2.45) is 0 Å². The molecule has 2 heterocycles. The number of hydrogen-bond donors (Lipinski definition) is 0. The van der Waals surface area contributed by atoms with Crippen molar-refractivity contribution in [2.45, 2.75) is 11.3 Å². The summed E-state index contributed by atoms with van der Waals surface area (Å²) in [6, 6.07) is 28.9. The van der Waals surface area contributed by atoms with Crippen molar-refractivity contribution in [1.82, 2.24) is 14.8 Å². The van der Waals surface area contributed by atoms with E-state index in [1.54, 1.807) is 7.11 Å². The summed E-state index contributed by atoms with van der Waals surface area (Å²) in [6.07, 6.45) is -0.440. The smallest absolute Gasteiger partial charge is 0.196 e. The van der Waals surface area contributed by atoms with Gasteiger partial charge in [0.1, 0.15) is 12.4 Å². The number of thioether (sulfide) groups is 1. The molecule has 0 fully saturated rings. The average Bonchev–Trinajstić information content (AvgIpc) is 3.39. The van der Waals surface area contributed by atoms with Crippen LogP contribution in [0.3, 0.4) is 0 Å². The standard InChI is InChI=1S/C29H23N3O4S/c1-34-23-14-13-19-15-21(12-11-20(19)16-23)24(33)18-37-29-31-30-28(32(29)22-7-3-2-4-8-22)27-17-35-25-9-5-6-10-26(25)36-27/h2-16,27H,17-18H2,1H3/t27-/m0/s1. The topological polar surface area (TPSA) is 75.5 Å². The van der Waals surface area contributed by atoms with Gasteiger partial charge in [-0.2, -0.15) is 0 Å². The summed E-state index contributed by atoms with van der Waals surface area (Å²) in [7, 11) is 1.64. The van der Waals surface area contributed by atoms with E-state index in [4.69, 9.17) is 14.2 Å². The molecule has 1 atom stereocenters. The van der Waals surface area contributed by atoms with Crippen molar-refractivity contribution in [3.8, 4) is 22.9 Å². The largest absolute Gasteiger partial charge is 0.497 e. The van der Waals surface area contributed by atoms with E-state index in [-0.39, 0.29) is 11.5 Å². The minimum absolute atomic E-state index is 0.0121. The number of Topliss-reactive ketones (excluding diaryl/α,β-unsaturated/α-hetero) is 1. The molecule has 8 heteroatoms. The highest BCUT2D eigenvalue weighted by atomic mass is 32.2. The lowest BCUT2D eigenvalue weighted by molar-refractivity contribution is 0.0835. The molecule has 6 rings (SSSR count). The van der Waals surface area contributed by atoms with Gasteiger partial charge in [-0.05, 0) is 53.2 Å². The Morgan fingerprint density at radius 1 is 0.946 bits per heavy atom. The fourth-order valence-electron chi connectivity index (χ4n) is 4.29. The quantitative estimate of drug-likeness (QED) is 0.199. The summed E-state index contributed by atoms with van der Waals surface area (Å²) in [5, 5.41) is 11.5. The monoisotopic (exact) mass is 509 g/mol. The second-order valence-electron chi connectivity index (χ2n) is 8.52. The number of methoxy groups -OCH3 is 1. The molecular formula is C29H23N3O4S.